The second-order valence-corrected chi connectivity index (χ2v) is 10.4. The van der Waals surface area contributed by atoms with E-state index in [9.17, 15) is 10.2 Å². The van der Waals surface area contributed by atoms with Crippen LogP contribution in [-0.2, 0) is 0 Å². The summed E-state index contributed by atoms with van der Waals surface area (Å²) in [5.41, 5.74) is 8.87. The summed E-state index contributed by atoms with van der Waals surface area (Å²) >= 11 is 0. The van der Waals surface area contributed by atoms with E-state index >= 15 is 0 Å². The molecule has 0 saturated heterocycles. The van der Waals surface area contributed by atoms with Crippen molar-refractivity contribution in [3.8, 4) is 11.5 Å². The molecular formula is C39H34N2O2. The number of phenols is 2. The molecule has 0 aliphatic carbocycles. The Balaban J connectivity index is 1.79. The number of nitrogens with zero attached hydrogens (tertiary/aromatic N) is 1. The first-order valence-corrected chi connectivity index (χ1v) is 14.1. The summed E-state index contributed by atoms with van der Waals surface area (Å²) in [5.74, 6) is 0.379. The Morgan fingerprint density at radius 3 is 2.21 bits per heavy atom. The molecule has 4 nitrogen and oxygen atoms in total. The number of aliphatic imine (C=N–C) groups is 1. The Morgan fingerprint density at radius 2 is 1.53 bits per heavy atom. The minimum absolute atomic E-state index is 0.182. The highest BCUT2D eigenvalue weighted by Crippen LogP contribution is 2.32. The van der Waals surface area contributed by atoms with Crippen LogP contribution in [0, 0.1) is 0 Å². The molecule has 0 amide bonds. The lowest BCUT2D eigenvalue weighted by molar-refractivity contribution is 0.474. The normalized spacial score (nSPS) is 23.7. The van der Waals surface area contributed by atoms with Crippen LogP contribution in [-0.4, -0.2) is 20.9 Å². The topological polar surface area (TPSA) is 68.6 Å². The molecule has 0 radical (unpaired) electrons. The van der Waals surface area contributed by atoms with E-state index in [4.69, 9.17) is 4.99 Å². The molecule has 2 aliphatic heterocycles. The van der Waals surface area contributed by atoms with E-state index in [1.807, 2.05) is 78.9 Å². The summed E-state index contributed by atoms with van der Waals surface area (Å²) in [6, 6.07) is 18.4. The Bertz CT molecular complexity index is 1970. The van der Waals surface area contributed by atoms with Gasteiger partial charge in [0.2, 0.25) is 0 Å². The van der Waals surface area contributed by atoms with Gasteiger partial charge in [0.15, 0.2) is 0 Å². The summed E-state index contributed by atoms with van der Waals surface area (Å²) in [6.45, 7) is 14.4. The lowest BCUT2D eigenvalue weighted by Gasteiger charge is -2.11. The first kappa shape index (κ1) is 28.9. The fraction of sp³-hybridized carbons (Fsp3) is 0.0513. The van der Waals surface area contributed by atoms with Gasteiger partial charge in [-0.2, -0.15) is 0 Å². The summed E-state index contributed by atoms with van der Waals surface area (Å²) < 4.78 is 0. The number of nitrogens with one attached hydrogen (secondary N) is 1. The Hall–Kier alpha value is -5.61. The van der Waals surface area contributed by atoms with Crippen molar-refractivity contribution in [3.63, 3.8) is 0 Å². The SMILES string of the molecule is C=CCC1=C\C=C(C)\C(c2cccc(O)c2)=C2\C=CC(=N2)/C=c2/cc/c([nH]2)=C(\c2cccc(O)c2)C(=C)/C=C\C(C=C)=C\1. The molecule has 0 unspecified atom stereocenters. The zero-order chi connectivity index (χ0) is 30.3. The van der Waals surface area contributed by atoms with Crippen LogP contribution in [0.15, 0.2) is 168 Å². The fourth-order valence-corrected chi connectivity index (χ4v) is 5.14. The van der Waals surface area contributed by atoms with Crippen LogP contribution in [0.5, 0.6) is 11.5 Å². The first-order chi connectivity index (χ1) is 20.8. The molecule has 2 aromatic carbocycles. The summed E-state index contributed by atoms with van der Waals surface area (Å²) in [5, 5.41) is 22.3. The predicted molar refractivity (Wildman–Crippen MR) is 180 cm³/mol. The second kappa shape index (κ2) is 12.9. The molecule has 4 heteroatoms. The van der Waals surface area contributed by atoms with Gasteiger partial charge in [-0.15, -0.1) is 6.58 Å². The predicted octanol–water partition coefficient (Wildman–Crippen LogP) is 7.51. The van der Waals surface area contributed by atoms with Crippen molar-refractivity contribution in [2.24, 2.45) is 4.99 Å². The number of phenolic OH excluding ortho intramolecular Hbond substituents is 2. The molecule has 0 spiro atoms. The number of rotatable bonds is 5. The molecule has 0 fully saturated rings. The molecule has 43 heavy (non-hydrogen) atoms. The number of aromatic amines is 1. The quantitative estimate of drug-likeness (QED) is 0.282. The number of H-pyrrole nitrogens is 1. The largest absolute Gasteiger partial charge is 0.508 e. The van der Waals surface area contributed by atoms with Crippen LogP contribution in [0.1, 0.15) is 24.5 Å². The van der Waals surface area contributed by atoms with Crippen LogP contribution in [0.3, 0.4) is 0 Å². The molecule has 0 atom stereocenters. The number of allylic oxidation sites excluding steroid dienone is 14. The maximum absolute atomic E-state index is 10.3. The average Bonchev–Trinajstić information content (AvgIpc) is 3.64. The van der Waals surface area contributed by atoms with Crippen LogP contribution in [0.2, 0.25) is 0 Å². The molecule has 5 rings (SSSR count). The van der Waals surface area contributed by atoms with Gasteiger partial charge in [-0.3, -0.25) is 0 Å². The van der Waals surface area contributed by atoms with E-state index in [-0.39, 0.29) is 11.5 Å². The third-order valence-electron chi connectivity index (χ3n) is 7.18. The highest BCUT2D eigenvalue weighted by atomic mass is 16.3. The van der Waals surface area contributed by atoms with E-state index in [1.54, 1.807) is 24.3 Å². The standard InChI is InChI=1S/C39H34N2O2/c1-5-9-29-17-15-27(4)39(31-11-8-13-35(43)24-31)37-21-19-33(41-37)25-32-18-20-36(40-32)38(30-10-7-12-34(42)23-30)26(3)14-16-28(6-2)22-29/h5-8,10-25,40,42-43H,1-3,9H2,4H3/b16-14-,27-15+,28-22+,29-17+,32-25-,38-36+,39-37+. The van der Waals surface area contributed by atoms with Crippen molar-refractivity contribution in [3.05, 3.63) is 185 Å². The molecule has 2 aliphatic rings. The molecule has 212 valence electrons. The van der Waals surface area contributed by atoms with Crippen molar-refractivity contribution in [2.75, 3.05) is 0 Å². The number of hydrogen-bond donors (Lipinski definition) is 3. The summed E-state index contributed by atoms with van der Waals surface area (Å²) in [6.07, 6.45) is 20.5. The minimum atomic E-state index is 0.182. The first-order valence-electron chi connectivity index (χ1n) is 14.1. The summed E-state index contributed by atoms with van der Waals surface area (Å²) in [4.78, 5) is 8.47. The third-order valence-corrected chi connectivity index (χ3v) is 7.18. The third kappa shape index (κ3) is 6.83. The maximum Gasteiger partial charge on any atom is 0.116 e. The molecule has 0 saturated carbocycles. The van der Waals surface area contributed by atoms with Crippen molar-refractivity contribution in [1.82, 2.24) is 4.98 Å². The van der Waals surface area contributed by atoms with Gasteiger partial charge in [0.1, 0.15) is 11.5 Å². The van der Waals surface area contributed by atoms with E-state index in [0.717, 1.165) is 66.7 Å². The maximum atomic E-state index is 10.3. The average molecular weight is 563 g/mol. The molecule has 1 aromatic heterocycles. The number of aromatic nitrogens is 1. The van der Waals surface area contributed by atoms with E-state index < -0.39 is 0 Å². The van der Waals surface area contributed by atoms with Crippen LogP contribution in [0.25, 0.3) is 17.2 Å². The van der Waals surface area contributed by atoms with E-state index in [1.165, 1.54) is 0 Å². The molecule has 3 heterocycles. The number of benzene rings is 2. The van der Waals surface area contributed by atoms with Gasteiger partial charge in [-0.05, 0) is 101 Å². The summed E-state index contributed by atoms with van der Waals surface area (Å²) in [7, 11) is 0. The molecular weight excluding hydrogens is 528 g/mol. The van der Waals surface area contributed by atoms with Crippen molar-refractivity contribution >= 4 is 22.9 Å². The lowest BCUT2D eigenvalue weighted by Crippen LogP contribution is -2.15. The smallest absolute Gasteiger partial charge is 0.116 e. The van der Waals surface area contributed by atoms with Gasteiger partial charge in [-0.1, -0.05) is 80.0 Å². The number of hydrogen-bond acceptors (Lipinski definition) is 3. The number of aromatic hydroxyl groups is 2. The fourth-order valence-electron chi connectivity index (χ4n) is 5.14. The van der Waals surface area contributed by atoms with Crippen molar-refractivity contribution in [2.45, 2.75) is 13.3 Å². The zero-order valence-corrected chi connectivity index (χ0v) is 24.2. The van der Waals surface area contributed by atoms with Gasteiger partial charge in [-0.25, -0.2) is 4.99 Å². The van der Waals surface area contributed by atoms with E-state index in [0.29, 0.717) is 6.42 Å². The van der Waals surface area contributed by atoms with Gasteiger partial charge < -0.3 is 15.2 Å². The Labute approximate surface area is 252 Å². The van der Waals surface area contributed by atoms with Gasteiger partial charge in [0.05, 0.1) is 11.4 Å². The second-order valence-electron chi connectivity index (χ2n) is 10.4. The van der Waals surface area contributed by atoms with Crippen molar-refractivity contribution in [1.29, 1.82) is 0 Å². The van der Waals surface area contributed by atoms with Crippen LogP contribution < -0.4 is 10.7 Å². The molecule has 4 bridgehead atoms. The number of fused-ring (bicyclic) bond motifs is 3. The van der Waals surface area contributed by atoms with Crippen LogP contribution in [0.4, 0.5) is 0 Å². The Morgan fingerprint density at radius 1 is 0.814 bits per heavy atom. The highest BCUT2D eigenvalue weighted by molar-refractivity contribution is 6.19. The minimum Gasteiger partial charge on any atom is -0.508 e. The zero-order valence-electron chi connectivity index (χ0n) is 24.2. The van der Waals surface area contributed by atoms with Gasteiger partial charge >= 0.3 is 0 Å². The van der Waals surface area contributed by atoms with Crippen LogP contribution >= 0.6 is 0 Å². The van der Waals surface area contributed by atoms with Crippen molar-refractivity contribution < 1.29 is 10.2 Å². The van der Waals surface area contributed by atoms with Gasteiger partial charge in [0.25, 0.3) is 0 Å². The lowest BCUT2D eigenvalue weighted by atomic mass is 9.95. The monoisotopic (exact) mass is 562 g/mol. The Kier molecular flexibility index (Phi) is 8.69. The highest BCUT2D eigenvalue weighted by Gasteiger charge is 2.14. The molecule has 3 aromatic rings. The molecule has 3 N–H and O–H groups in total. The van der Waals surface area contributed by atoms with E-state index in [2.05, 4.69) is 49.9 Å². The van der Waals surface area contributed by atoms with Gasteiger partial charge in [0, 0.05) is 21.8 Å².